The predicted octanol–water partition coefficient (Wildman–Crippen LogP) is 2.50. The highest BCUT2D eigenvalue weighted by atomic mass is 35.5. The molecule has 0 unspecified atom stereocenters. The lowest BCUT2D eigenvalue weighted by Crippen LogP contribution is -2.01. The molecule has 0 saturated heterocycles. The number of halogens is 2. The third-order valence-corrected chi connectivity index (χ3v) is 1.98. The molecule has 0 spiro atoms. The standard InChI is InChI=1S/C10H6Cl2O2/c11-9(13)7-5-3-1-2-4-6-8(7)10(12)14/h1-6H/b2-1-,3-1?,4-2?,5-3-,6-4-,7-5?,8-6?,8-7-. The van der Waals surface area contributed by atoms with Crippen LogP contribution in [-0.4, -0.2) is 10.5 Å². The number of rotatable bonds is 2. The van der Waals surface area contributed by atoms with Crippen LogP contribution < -0.4 is 0 Å². The largest absolute Gasteiger partial charge is 0.276 e. The Hall–Kier alpha value is -1.12. The summed E-state index contributed by atoms with van der Waals surface area (Å²) in [7, 11) is 0. The topological polar surface area (TPSA) is 34.1 Å². The second-order valence-corrected chi connectivity index (χ2v) is 3.16. The first-order valence-electron chi connectivity index (χ1n) is 3.78. The molecule has 0 heterocycles. The lowest BCUT2D eigenvalue weighted by atomic mass is 10.1. The van der Waals surface area contributed by atoms with Gasteiger partial charge in [-0.2, -0.15) is 0 Å². The van der Waals surface area contributed by atoms with E-state index in [1.165, 1.54) is 12.2 Å². The summed E-state index contributed by atoms with van der Waals surface area (Å²) in [5.41, 5.74) is 0.208. The van der Waals surface area contributed by atoms with Gasteiger partial charge in [0.15, 0.2) is 0 Å². The predicted molar refractivity (Wildman–Crippen MR) is 56.2 cm³/mol. The van der Waals surface area contributed by atoms with Crippen LogP contribution in [0, 0.1) is 0 Å². The summed E-state index contributed by atoms with van der Waals surface area (Å²) in [6, 6.07) is 0. The summed E-state index contributed by atoms with van der Waals surface area (Å²) < 4.78 is 0. The molecule has 2 nitrogen and oxygen atoms in total. The van der Waals surface area contributed by atoms with Crippen LogP contribution in [0.25, 0.3) is 0 Å². The van der Waals surface area contributed by atoms with Crippen LogP contribution in [0.4, 0.5) is 0 Å². The van der Waals surface area contributed by atoms with Crippen LogP contribution in [0.5, 0.6) is 0 Å². The van der Waals surface area contributed by atoms with Crippen molar-refractivity contribution in [2.45, 2.75) is 0 Å². The number of carbonyl (C=O) groups is 2. The molecule has 4 heteroatoms. The molecule has 0 fully saturated rings. The van der Waals surface area contributed by atoms with E-state index in [1.807, 2.05) is 0 Å². The maximum Gasteiger partial charge on any atom is 0.253 e. The Morgan fingerprint density at radius 2 is 1.14 bits per heavy atom. The van der Waals surface area contributed by atoms with Crippen molar-refractivity contribution in [3.05, 3.63) is 47.6 Å². The van der Waals surface area contributed by atoms with Gasteiger partial charge in [0, 0.05) is 11.1 Å². The summed E-state index contributed by atoms with van der Waals surface area (Å²) in [6.45, 7) is 0. The van der Waals surface area contributed by atoms with E-state index in [2.05, 4.69) is 0 Å². The van der Waals surface area contributed by atoms with Crippen LogP contribution >= 0.6 is 23.2 Å². The second kappa shape index (κ2) is 4.94. The Labute approximate surface area is 91.2 Å². The molecule has 72 valence electrons. The molecule has 0 radical (unpaired) electrons. The molecule has 0 aromatic heterocycles. The molecule has 14 heavy (non-hydrogen) atoms. The lowest BCUT2D eigenvalue weighted by Gasteiger charge is -2.00. The van der Waals surface area contributed by atoms with Gasteiger partial charge in [-0.05, 0) is 35.4 Å². The maximum absolute atomic E-state index is 11.0. The molecule has 0 bridgehead atoms. The van der Waals surface area contributed by atoms with E-state index >= 15 is 0 Å². The highest BCUT2D eigenvalue weighted by Gasteiger charge is 2.13. The molecular formula is C10H6Cl2O2. The van der Waals surface area contributed by atoms with Gasteiger partial charge in [0.05, 0.1) is 0 Å². The first-order chi connectivity index (χ1) is 6.63. The first kappa shape index (κ1) is 11.0. The van der Waals surface area contributed by atoms with Crippen molar-refractivity contribution < 1.29 is 9.59 Å². The minimum absolute atomic E-state index is 0.104. The zero-order chi connectivity index (χ0) is 10.6. The molecule has 0 amide bonds. The minimum atomic E-state index is -0.704. The number of carbonyl (C=O) groups excluding carboxylic acids is 2. The van der Waals surface area contributed by atoms with Crippen molar-refractivity contribution in [2.24, 2.45) is 0 Å². The van der Waals surface area contributed by atoms with Crippen LogP contribution in [-0.2, 0) is 9.59 Å². The smallest absolute Gasteiger partial charge is 0.253 e. The Balaban J connectivity index is 3.27. The monoisotopic (exact) mass is 228 g/mol. The van der Waals surface area contributed by atoms with Gasteiger partial charge in [-0.15, -0.1) is 0 Å². The fourth-order valence-corrected chi connectivity index (χ4v) is 1.28. The summed E-state index contributed by atoms with van der Waals surface area (Å²) in [4.78, 5) is 21.9. The van der Waals surface area contributed by atoms with E-state index < -0.39 is 10.5 Å². The SMILES string of the molecule is O=C(Cl)C1=C(C(=O)Cl)/C=C\C=C/C=C\1. The lowest BCUT2D eigenvalue weighted by molar-refractivity contribution is -0.110. The molecule has 0 aromatic carbocycles. The van der Waals surface area contributed by atoms with Gasteiger partial charge in [-0.25, -0.2) is 0 Å². The number of hydrogen-bond donors (Lipinski definition) is 0. The van der Waals surface area contributed by atoms with Crippen molar-refractivity contribution in [1.82, 2.24) is 0 Å². The van der Waals surface area contributed by atoms with E-state index in [0.29, 0.717) is 0 Å². The van der Waals surface area contributed by atoms with Gasteiger partial charge >= 0.3 is 0 Å². The molecule has 0 aliphatic heterocycles. The Morgan fingerprint density at radius 3 is 1.43 bits per heavy atom. The van der Waals surface area contributed by atoms with Crippen molar-refractivity contribution in [2.75, 3.05) is 0 Å². The Bertz CT molecular complexity index is 351. The van der Waals surface area contributed by atoms with Gasteiger partial charge in [0.1, 0.15) is 0 Å². The van der Waals surface area contributed by atoms with E-state index in [9.17, 15) is 9.59 Å². The molecule has 0 atom stereocenters. The third kappa shape index (κ3) is 2.69. The average molecular weight is 229 g/mol. The van der Waals surface area contributed by atoms with Crippen molar-refractivity contribution in [3.8, 4) is 0 Å². The fourth-order valence-electron chi connectivity index (χ4n) is 0.954. The van der Waals surface area contributed by atoms with Crippen molar-refractivity contribution >= 4 is 33.7 Å². The highest BCUT2D eigenvalue weighted by Crippen LogP contribution is 2.16. The average Bonchev–Trinajstić information content (AvgIpc) is 2.01. The van der Waals surface area contributed by atoms with Crippen LogP contribution in [0.15, 0.2) is 47.6 Å². The van der Waals surface area contributed by atoms with Crippen LogP contribution in [0.3, 0.4) is 0 Å². The van der Waals surface area contributed by atoms with Crippen molar-refractivity contribution in [3.63, 3.8) is 0 Å². The maximum atomic E-state index is 11.0. The van der Waals surface area contributed by atoms with Gasteiger partial charge in [-0.3, -0.25) is 9.59 Å². The van der Waals surface area contributed by atoms with E-state index in [1.54, 1.807) is 24.3 Å². The Morgan fingerprint density at radius 1 is 0.786 bits per heavy atom. The van der Waals surface area contributed by atoms with E-state index in [4.69, 9.17) is 23.2 Å². The zero-order valence-corrected chi connectivity index (χ0v) is 8.55. The van der Waals surface area contributed by atoms with E-state index in [0.717, 1.165) is 0 Å². The molecule has 1 aliphatic carbocycles. The molecule has 0 N–H and O–H groups in total. The summed E-state index contributed by atoms with van der Waals surface area (Å²) in [6.07, 6.45) is 9.55. The van der Waals surface area contributed by atoms with Gasteiger partial charge in [0.25, 0.3) is 10.5 Å². The minimum Gasteiger partial charge on any atom is -0.276 e. The second-order valence-electron chi connectivity index (χ2n) is 2.48. The van der Waals surface area contributed by atoms with Gasteiger partial charge < -0.3 is 0 Å². The molecule has 1 rings (SSSR count). The normalized spacial score (nSPS) is 27.3. The van der Waals surface area contributed by atoms with Crippen LogP contribution in [0.2, 0.25) is 0 Å². The van der Waals surface area contributed by atoms with Crippen LogP contribution in [0.1, 0.15) is 0 Å². The summed E-state index contributed by atoms with van der Waals surface area (Å²) in [5.74, 6) is 0. The van der Waals surface area contributed by atoms with Crippen molar-refractivity contribution in [1.29, 1.82) is 0 Å². The molecule has 1 aliphatic rings. The Kier molecular flexibility index (Phi) is 3.86. The fraction of sp³-hybridized carbons (Fsp3) is 0. The third-order valence-electron chi connectivity index (χ3n) is 1.57. The molecule has 0 saturated carbocycles. The summed E-state index contributed by atoms with van der Waals surface area (Å²) >= 11 is 10.6. The van der Waals surface area contributed by atoms with Gasteiger partial charge in [-0.1, -0.05) is 24.3 Å². The molecule has 0 aromatic rings. The quantitative estimate of drug-likeness (QED) is 0.681. The number of hydrogen-bond acceptors (Lipinski definition) is 2. The first-order valence-corrected chi connectivity index (χ1v) is 4.54. The zero-order valence-electron chi connectivity index (χ0n) is 7.04. The van der Waals surface area contributed by atoms with Gasteiger partial charge in [0.2, 0.25) is 0 Å². The highest BCUT2D eigenvalue weighted by molar-refractivity contribution is 6.71. The number of allylic oxidation sites excluding steroid dienone is 8. The summed E-state index contributed by atoms with van der Waals surface area (Å²) in [5, 5.41) is -1.41. The van der Waals surface area contributed by atoms with E-state index in [-0.39, 0.29) is 11.1 Å². The molecular weight excluding hydrogens is 223 g/mol.